The number of esters is 1. The number of methoxy groups -OCH3 is 1. The minimum absolute atomic E-state index is 0.215. The molecular formula is C13H21N5O2. The van der Waals surface area contributed by atoms with Crippen molar-refractivity contribution in [2.75, 3.05) is 52.7 Å². The van der Waals surface area contributed by atoms with Crippen LogP contribution in [0.2, 0.25) is 0 Å². The number of nitrogens with zero attached hydrogens (tertiary/aromatic N) is 4. The van der Waals surface area contributed by atoms with Crippen LogP contribution in [0.5, 0.6) is 0 Å². The van der Waals surface area contributed by atoms with Gasteiger partial charge in [0.05, 0.1) is 7.11 Å². The van der Waals surface area contributed by atoms with Gasteiger partial charge in [-0.05, 0) is 26.2 Å². The number of hydrogen-bond acceptors (Lipinski definition) is 7. The summed E-state index contributed by atoms with van der Waals surface area (Å²) in [6.07, 6.45) is 0. The van der Waals surface area contributed by atoms with Crippen molar-refractivity contribution < 1.29 is 9.53 Å². The van der Waals surface area contributed by atoms with Crippen LogP contribution >= 0.6 is 0 Å². The van der Waals surface area contributed by atoms with Crippen LogP contribution in [0.4, 0.5) is 5.82 Å². The van der Waals surface area contributed by atoms with Crippen molar-refractivity contribution in [2.45, 2.75) is 6.04 Å². The normalized spacial score (nSPS) is 20.6. The van der Waals surface area contributed by atoms with E-state index in [0.29, 0.717) is 11.9 Å². The summed E-state index contributed by atoms with van der Waals surface area (Å²) >= 11 is 0. The fourth-order valence-electron chi connectivity index (χ4n) is 2.18. The fraction of sp³-hybridized carbons (Fsp3) is 0.615. The number of nitrogens with one attached hydrogen (secondary N) is 1. The van der Waals surface area contributed by atoms with Gasteiger partial charge in [-0.3, -0.25) is 4.90 Å². The molecule has 1 saturated heterocycles. The average molecular weight is 279 g/mol. The minimum atomic E-state index is -0.474. The van der Waals surface area contributed by atoms with Gasteiger partial charge >= 0.3 is 5.97 Å². The van der Waals surface area contributed by atoms with Gasteiger partial charge in [0.25, 0.3) is 0 Å². The van der Waals surface area contributed by atoms with Gasteiger partial charge in [0.15, 0.2) is 5.69 Å². The molecule has 0 aromatic carbocycles. The smallest absolute Gasteiger partial charge is 0.358 e. The van der Waals surface area contributed by atoms with Crippen molar-refractivity contribution in [3.05, 3.63) is 17.8 Å². The van der Waals surface area contributed by atoms with Crippen molar-refractivity contribution >= 4 is 11.8 Å². The molecule has 0 saturated carbocycles. The second-order valence-corrected chi connectivity index (χ2v) is 5.07. The molecule has 0 amide bonds. The van der Waals surface area contributed by atoms with E-state index in [0.717, 1.165) is 26.2 Å². The molecule has 0 radical (unpaired) electrons. The van der Waals surface area contributed by atoms with Gasteiger partial charge in [-0.1, -0.05) is 0 Å². The number of aromatic nitrogens is 2. The Labute approximate surface area is 118 Å². The third-order valence-electron chi connectivity index (χ3n) is 3.56. The van der Waals surface area contributed by atoms with Crippen LogP contribution < -0.4 is 5.32 Å². The Kier molecular flexibility index (Phi) is 4.86. The Hall–Kier alpha value is -1.73. The van der Waals surface area contributed by atoms with E-state index in [4.69, 9.17) is 0 Å². The number of likely N-dealkylation sites (N-methyl/N-ethyl adjacent to an activating group) is 2. The van der Waals surface area contributed by atoms with E-state index in [1.165, 1.54) is 7.11 Å². The summed E-state index contributed by atoms with van der Waals surface area (Å²) < 4.78 is 4.58. The van der Waals surface area contributed by atoms with Gasteiger partial charge in [0.2, 0.25) is 0 Å². The number of hydrogen-bond donors (Lipinski definition) is 1. The lowest BCUT2D eigenvalue weighted by Gasteiger charge is -2.37. The van der Waals surface area contributed by atoms with E-state index in [-0.39, 0.29) is 5.69 Å². The highest BCUT2D eigenvalue weighted by atomic mass is 16.5. The van der Waals surface area contributed by atoms with Gasteiger partial charge in [-0.25, -0.2) is 4.79 Å². The standard InChI is InChI=1S/C13H21N5O2/c1-17-6-7-18(2)10(9-17)8-14-12-5-4-11(15-16-12)13(19)20-3/h4-5,10H,6-9H2,1-3H3,(H,14,16). The molecule has 0 spiro atoms. The van der Waals surface area contributed by atoms with Gasteiger partial charge in [0, 0.05) is 32.2 Å². The fourth-order valence-corrected chi connectivity index (χ4v) is 2.18. The van der Waals surface area contributed by atoms with E-state index in [9.17, 15) is 4.79 Å². The first kappa shape index (κ1) is 14.7. The molecule has 1 atom stereocenters. The zero-order valence-electron chi connectivity index (χ0n) is 12.2. The van der Waals surface area contributed by atoms with E-state index >= 15 is 0 Å². The first-order valence-electron chi connectivity index (χ1n) is 6.65. The predicted molar refractivity (Wildman–Crippen MR) is 75.8 cm³/mol. The van der Waals surface area contributed by atoms with E-state index in [1.807, 2.05) is 0 Å². The Balaban J connectivity index is 1.88. The maximum Gasteiger partial charge on any atom is 0.358 e. The largest absolute Gasteiger partial charge is 0.464 e. The highest BCUT2D eigenvalue weighted by Gasteiger charge is 2.21. The first-order valence-corrected chi connectivity index (χ1v) is 6.65. The van der Waals surface area contributed by atoms with Crippen LogP contribution in [0.25, 0.3) is 0 Å². The molecule has 1 unspecified atom stereocenters. The highest BCUT2D eigenvalue weighted by molar-refractivity contribution is 5.86. The number of anilines is 1. The second-order valence-electron chi connectivity index (χ2n) is 5.07. The molecule has 110 valence electrons. The molecular weight excluding hydrogens is 258 g/mol. The summed E-state index contributed by atoms with van der Waals surface area (Å²) in [6, 6.07) is 3.79. The molecule has 2 heterocycles. The van der Waals surface area contributed by atoms with E-state index < -0.39 is 5.97 Å². The maximum absolute atomic E-state index is 11.3. The molecule has 7 heteroatoms. The molecule has 1 aliphatic rings. The third-order valence-corrected chi connectivity index (χ3v) is 3.56. The summed E-state index contributed by atoms with van der Waals surface area (Å²) in [6.45, 7) is 3.99. The van der Waals surface area contributed by atoms with Crippen molar-refractivity contribution in [1.29, 1.82) is 0 Å². The first-order chi connectivity index (χ1) is 9.60. The molecule has 1 N–H and O–H groups in total. The quantitative estimate of drug-likeness (QED) is 0.773. The topological polar surface area (TPSA) is 70.6 Å². The van der Waals surface area contributed by atoms with Gasteiger partial charge in [-0.15, -0.1) is 10.2 Å². The SMILES string of the molecule is COC(=O)c1ccc(NCC2CN(C)CCN2C)nn1. The number of piperazine rings is 1. The van der Waals surface area contributed by atoms with Crippen LogP contribution in [-0.2, 0) is 4.74 Å². The summed E-state index contributed by atoms with van der Waals surface area (Å²) in [5.41, 5.74) is 0.215. The lowest BCUT2D eigenvalue weighted by Crippen LogP contribution is -2.52. The molecule has 2 rings (SSSR count). The molecule has 1 aliphatic heterocycles. The van der Waals surface area contributed by atoms with Crippen molar-refractivity contribution in [3.63, 3.8) is 0 Å². The van der Waals surface area contributed by atoms with Crippen LogP contribution in [0.3, 0.4) is 0 Å². The van der Waals surface area contributed by atoms with Crippen LogP contribution in [-0.4, -0.2) is 79.4 Å². The number of carbonyl (C=O) groups excluding carboxylic acids is 1. The number of carbonyl (C=O) groups is 1. The Morgan fingerprint density at radius 1 is 1.40 bits per heavy atom. The molecule has 20 heavy (non-hydrogen) atoms. The lowest BCUT2D eigenvalue weighted by atomic mass is 10.2. The zero-order chi connectivity index (χ0) is 14.5. The lowest BCUT2D eigenvalue weighted by molar-refractivity contribution is 0.0593. The average Bonchev–Trinajstić information content (AvgIpc) is 2.48. The second kappa shape index (κ2) is 6.62. The van der Waals surface area contributed by atoms with E-state index in [1.54, 1.807) is 12.1 Å². The van der Waals surface area contributed by atoms with Crippen molar-refractivity contribution in [2.24, 2.45) is 0 Å². The molecule has 1 fully saturated rings. The summed E-state index contributed by atoms with van der Waals surface area (Å²) in [4.78, 5) is 15.9. The monoisotopic (exact) mass is 279 g/mol. The van der Waals surface area contributed by atoms with Gasteiger partial charge < -0.3 is 15.0 Å². The molecule has 1 aromatic rings. The summed E-state index contributed by atoms with van der Waals surface area (Å²) in [5, 5.41) is 11.1. The Morgan fingerprint density at radius 3 is 2.85 bits per heavy atom. The number of ether oxygens (including phenoxy) is 1. The Bertz CT molecular complexity index is 451. The zero-order valence-corrected chi connectivity index (χ0v) is 12.2. The van der Waals surface area contributed by atoms with Crippen molar-refractivity contribution in [1.82, 2.24) is 20.0 Å². The third kappa shape index (κ3) is 3.64. The van der Waals surface area contributed by atoms with E-state index in [2.05, 4.69) is 44.1 Å². The van der Waals surface area contributed by atoms with Crippen LogP contribution in [0, 0.1) is 0 Å². The summed E-state index contributed by atoms with van der Waals surface area (Å²) in [5.74, 6) is 0.192. The van der Waals surface area contributed by atoms with Gasteiger partial charge in [0.1, 0.15) is 5.82 Å². The molecule has 0 aliphatic carbocycles. The molecule has 0 bridgehead atoms. The molecule has 7 nitrogen and oxygen atoms in total. The van der Waals surface area contributed by atoms with Crippen molar-refractivity contribution in [3.8, 4) is 0 Å². The summed E-state index contributed by atoms with van der Waals surface area (Å²) in [7, 11) is 5.59. The van der Waals surface area contributed by atoms with Gasteiger partial charge in [-0.2, -0.15) is 0 Å². The molecule has 1 aromatic heterocycles. The predicted octanol–water partition coefficient (Wildman–Crippen LogP) is -0.0791. The minimum Gasteiger partial charge on any atom is -0.464 e. The maximum atomic E-state index is 11.3. The highest BCUT2D eigenvalue weighted by Crippen LogP contribution is 2.08. The van der Waals surface area contributed by atoms with Crippen LogP contribution in [0.15, 0.2) is 12.1 Å². The van der Waals surface area contributed by atoms with Crippen LogP contribution in [0.1, 0.15) is 10.5 Å². The number of rotatable bonds is 4. The Morgan fingerprint density at radius 2 is 2.20 bits per heavy atom.